The van der Waals surface area contributed by atoms with E-state index in [0.717, 1.165) is 60.8 Å². The molecule has 1 saturated heterocycles. The number of aromatic amines is 1. The number of nitrogens with zero attached hydrogens (tertiary/aromatic N) is 2. The van der Waals surface area contributed by atoms with E-state index in [2.05, 4.69) is 26.2 Å². The maximum absolute atomic E-state index is 12.9. The second-order valence-corrected chi connectivity index (χ2v) is 8.64. The van der Waals surface area contributed by atoms with Crippen molar-refractivity contribution in [3.05, 3.63) is 70.0 Å². The summed E-state index contributed by atoms with van der Waals surface area (Å²) in [5.41, 5.74) is 3.44. The lowest BCUT2D eigenvalue weighted by molar-refractivity contribution is 0.0358. The molecule has 33 heavy (non-hydrogen) atoms. The lowest BCUT2D eigenvalue weighted by Crippen LogP contribution is -2.44. The van der Waals surface area contributed by atoms with Crippen LogP contribution in [0.2, 0.25) is 0 Å². The molecule has 1 aliphatic rings. The van der Waals surface area contributed by atoms with Crippen LogP contribution in [0.25, 0.3) is 10.9 Å². The average Bonchev–Trinajstić information content (AvgIpc) is 2.83. The van der Waals surface area contributed by atoms with Gasteiger partial charge in [-0.05, 0) is 66.5 Å². The number of nitrogens with one attached hydrogen (secondary N) is 2. The van der Waals surface area contributed by atoms with Crippen LogP contribution in [-0.4, -0.2) is 66.4 Å². The smallest absolute Gasteiger partial charge is 0.253 e. The molecule has 0 saturated carbocycles. The maximum Gasteiger partial charge on any atom is 0.253 e. The molecule has 0 atom stereocenters. The highest BCUT2D eigenvalue weighted by Gasteiger charge is 2.17. The van der Waals surface area contributed by atoms with Crippen LogP contribution in [0.1, 0.15) is 11.1 Å². The molecule has 2 N–H and O–H groups in total. The van der Waals surface area contributed by atoms with Gasteiger partial charge in [-0.3, -0.25) is 9.69 Å². The maximum atomic E-state index is 12.9. The number of benzene rings is 2. The third-order valence-corrected chi connectivity index (χ3v) is 6.22. The Hall–Kier alpha value is -2.94. The van der Waals surface area contributed by atoms with Gasteiger partial charge in [0.15, 0.2) is 5.11 Å². The van der Waals surface area contributed by atoms with E-state index in [4.69, 9.17) is 21.7 Å². The van der Waals surface area contributed by atoms with Crippen molar-refractivity contribution in [3.63, 3.8) is 0 Å². The number of hydrogen-bond donors (Lipinski definition) is 2. The van der Waals surface area contributed by atoms with Gasteiger partial charge in [-0.1, -0.05) is 12.1 Å². The third-order valence-electron chi connectivity index (χ3n) is 5.86. The molecule has 0 radical (unpaired) electrons. The number of thiocarbonyl (C=S) groups is 1. The van der Waals surface area contributed by atoms with Crippen LogP contribution in [0.15, 0.2) is 53.3 Å². The predicted molar refractivity (Wildman–Crippen MR) is 136 cm³/mol. The zero-order chi connectivity index (χ0) is 23.2. The first-order valence-corrected chi connectivity index (χ1v) is 11.6. The zero-order valence-electron chi connectivity index (χ0n) is 19.1. The van der Waals surface area contributed by atoms with Gasteiger partial charge in [0.1, 0.15) is 5.75 Å². The van der Waals surface area contributed by atoms with E-state index in [1.807, 2.05) is 49.4 Å². The molecule has 4 rings (SSSR count). The van der Waals surface area contributed by atoms with Gasteiger partial charge in [-0.25, -0.2) is 0 Å². The number of H-pyrrole nitrogens is 1. The van der Waals surface area contributed by atoms with E-state index in [1.165, 1.54) is 0 Å². The molecular formula is C25H30N4O3S. The van der Waals surface area contributed by atoms with Crippen molar-refractivity contribution in [2.24, 2.45) is 0 Å². The largest absolute Gasteiger partial charge is 0.497 e. The molecule has 2 heterocycles. The molecule has 2 aromatic carbocycles. The SMILES string of the molecule is COc1ccc(NC(=S)N(CCN2CCOCC2)Cc2cc3ccc(C)cc3[nH]c2=O)cc1. The highest BCUT2D eigenvalue weighted by Crippen LogP contribution is 2.17. The van der Waals surface area contributed by atoms with Gasteiger partial charge in [-0.2, -0.15) is 0 Å². The molecule has 0 amide bonds. The van der Waals surface area contributed by atoms with Gasteiger partial charge in [0.25, 0.3) is 5.56 Å². The lowest BCUT2D eigenvalue weighted by atomic mass is 10.1. The Labute approximate surface area is 199 Å². The lowest BCUT2D eigenvalue weighted by Gasteiger charge is -2.31. The summed E-state index contributed by atoms with van der Waals surface area (Å²) in [4.78, 5) is 20.3. The van der Waals surface area contributed by atoms with E-state index in [0.29, 0.717) is 23.8 Å². The van der Waals surface area contributed by atoms with Crippen molar-refractivity contribution >= 4 is 33.9 Å². The van der Waals surface area contributed by atoms with Crippen molar-refractivity contribution in [1.82, 2.24) is 14.8 Å². The van der Waals surface area contributed by atoms with Crippen LogP contribution in [0.3, 0.4) is 0 Å². The van der Waals surface area contributed by atoms with Crippen molar-refractivity contribution < 1.29 is 9.47 Å². The van der Waals surface area contributed by atoms with Crippen molar-refractivity contribution in [1.29, 1.82) is 0 Å². The summed E-state index contributed by atoms with van der Waals surface area (Å²) in [6, 6.07) is 15.7. The van der Waals surface area contributed by atoms with Gasteiger partial charge in [-0.15, -0.1) is 0 Å². The van der Waals surface area contributed by atoms with Crippen molar-refractivity contribution in [3.8, 4) is 5.75 Å². The predicted octanol–water partition coefficient (Wildman–Crippen LogP) is 3.38. The molecule has 7 nitrogen and oxygen atoms in total. The summed E-state index contributed by atoms with van der Waals surface area (Å²) >= 11 is 5.77. The number of methoxy groups -OCH3 is 1. The van der Waals surface area contributed by atoms with Crippen LogP contribution in [-0.2, 0) is 11.3 Å². The van der Waals surface area contributed by atoms with Crippen LogP contribution in [0.5, 0.6) is 5.75 Å². The van der Waals surface area contributed by atoms with Crippen LogP contribution in [0, 0.1) is 6.92 Å². The highest BCUT2D eigenvalue weighted by atomic mass is 32.1. The minimum atomic E-state index is -0.0864. The fourth-order valence-electron chi connectivity index (χ4n) is 3.90. The minimum Gasteiger partial charge on any atom is -0.497 e. The molecule has 0 unspecified atom stereocenters. The Kier molecular flexibility index (Phi) is 7.59. The number of aromatic nitrogens is 1. The zero-order valence-corrected chi connectivity index (χ0v) is 19.9. The molecule has 1 aromatic heterocycles. The highest BCUT2D eigenvalue weighted by molar-refractivity contribution is 7.80. The molecule has 3 aromatic rings. The quantitative estimate of drug-likeness (QED) is 0.518. The number of aryl methyl sites for hydroxylation is 1. The van der Waals surface area contributed by atoms with Crippen molar-refractivity contribution in [2.75, 3.05) is 51.8 Å². The monoisotopic (exact) mass is 466 g/mol. The number of morpholine rings is 1. The molecule has 1 aliphatic heterocycles. The number of anilines is 1. The van der Waals surface area contributed by atoms with Gasteiger partial charge in [0, 0.05) is 42.9 Å². The summed E-state index contributed by atoms with van der Waals surface area (Å²) < 4.78 is 10.7. The normalized spacial score (nSPS) is 14.2. The summed E-state index contributed by atoms with van der Waals surface area (Å²) in [6.07, 6.45) is 0. The van der Waals surface area contributed by atoms with Crippen molar-refractivity contribution in [2.45, 2.75) is 13.5 Å². The molecule has 1 fully saturated rings. The number of hydrogen-bond acceptors (Lipinski definition) is 5. The standard InChI is InChI=1S/C25H30N4O3S/c1-18-3-4-19-16-20(24(30)27-23(19)15-18)17-29(10-9-28-11-13-32-14-12-28)25(33)26-21-5-7-22(31-2)8-6-21/h3-8,15-16H,9-14,17H2,1-2H3,(H,26,33)(H,27,30). The Balaban J connectivity index is 1.53. The molecule has 0 bridgehead atoms. The third kappa shape index (κ3) is 6.10. The van der Waals surface area contributed by atoms with E-state index < -0.39 is 0 Å². The first-order chi connectivity index (χ1) is 16.0. The number of rotatable bonds is 7. The van der Waals surface area contributed by atoms with Crippen LogP contribution in [0.4, 0.5) is 5.69 Å². The van der Waals surface area contributed by atoms with Crippen LogP contribution < -0.4 is 15.6 Å². The van der Waals surface area contributed by atoms with E-state index in [1.54, 1.807) is 7.11 Å². The summed E-state index contributed by atoms with van der Waals surface area (Å²) in [5.74, 6) is 0.786. The van der Waals surface area contributed by atoms with E-state index >= 15 is 0 Å². The summed E-state index contributed by atoms with van der Waals surface area (Å²) in [7, 11) is 1.64. The Morgan fingerprint density at radius 3 is 2.67 bits per heavy atom. The van der Waals surface area contributed by atoms with Gasteiger partial charge >= 0.3 is 0 Å². The van der Waals surface area contributed by atoms with E-state index in [-0.39, 0.29) is 5.56 Å². The van der Waals surface area contributed by atoms with Crippen LogP contribution >= 0.6 is 12.2 Å². The Morgan fingerprint density at radius 2 is 1.94 bits per heavy atom. The molecule has 174 valence electrons. The first kappa shape index (κ1) is 23.2. The minimum absolute atomic E-state index is 0.0864. The molecular weight excluding hydrogens is 436 g/mol. The molecule has 0 aliphatic carbocycles. The molecule has 0 spiro atoms. The van der Waals surface area contributed by atoms with Gasteiger partial charge in [0.05, 0.1) is 26.9 Å². The fourth-order valence-corrected chi connectivity index (χ4v) is 4.17. The molecule has 8 heteroatoms. The number of ether oxygens (including phenoxy) is 2. The van der Waals surface area contributed by atoms with Gasteiger partial charge < -0.3 is 24.7 Å². The fraction of sp³-hybridized carbons (Fsp3) is 0.360. The van der Waals surface area contributed by atoms with Gasteiger partial charge in [0.2, 0.25) is 0 Å². The topological polar surface area (TPSA) is 69.8 Å². The van der Waals surface area contributed by atoms with E-state index in [9.17, 15) is 4.79 Å². The number of fused-ring (bicyclic) bond motifs is 1. The first-order valence-electron chi connectivity index (χ1n) is 11.1. The average molecular weight is 467 g/mol. The summed E-state index contributed by atoms with van der Waals surface area (Å²) in [6.45, 7) is 7.29. The second-order valence-electron chi connectivity index (χ2n) is 8.25. The number of pyridine rings is 1. The Bertz CT molecular complexity index is 1160. The second kappa shape index (κ2) is 10.8. The Morgan fingerprint density at radius 1 is 1.18 bits per heavy atom. The summed E-state index contributed by atoms with van der Waals surface area (Å²) in [5, 5.41) is 4.90.